The van der Waals surface area contributed by atoms with Crippen LogP contribution in [0.2, 0.25) is 0 Å². The summed E-state index contributed by atoms with van der Waals surface area (Å²) in [6.45, 7) is 7.87. The SMILES string of the molecule is CCCCC/C=C\C/C=C\CCCCCCCCC1(CCCCCCCC/C=C\CCCCCCC)OCC(CC2CCN(C)CC2)O1. The summed E-state index contributed by atoms with van der Waals surface area (Å²) in [5.74, 6) is 0.514. The Morgan fingerprint density at radius 3 is 1.48 bits per heavy atom. The number of likely N-dealkylation sites (tertiary alicyclic amines) is 1. The van der Waals surface area contributed by atoms with E-state index in [1.54, 1.807) is 0 Å². The van der Waals surface area contributed by atoms with Crippen molar-refractivity contribution >= 4 is 0 Å². The zero-order valence-electron chi connectivity index (χ0n) is 32.7. The van der Waals surface area contributed by atoms with Gasteiger partial charge in [0.15, 0.2) is 5.79 Å². The topological polar surface area (TPSA) is 21.7 Å². The average molecular weight is 670 g/mol. The van der Waals surface area contributed by atoms with Gasteiger partial charge in [-0.05, 0) is 116 Å². The molecule has 3 heteroatoms. The lowest BCUT2D eigenvalue weighted by Gasteiger charge is -2.31. The maximum Gasteiger partial charge on any atom is 0.168 e. The summed E-state index contributed by atoms with van der Waals surface area (Å²) >= 11 is 0. The minimum absolute atomic E-state index is 0.299. The molecule has 0 aliphatic carbocycles. The van der Waals surface area contributed by atoms with E-state index in [1.165, 1.54) is 186 Å². The second-order valence-corrected chi connectivity index (χ2v) is 15.6. The molecule has 0 radical (unpaired) electrons. The van der Waals surface area contributed by atoms with E-state index >= 15 is 0 Å². The molecule has 2 heterocycles. The average Bonchev–Trinajstić information content (AvgIpc) is 3.49. The van der Waals surface area contributed by atoms with Gasteiger partial charge in [0, 0.05) is 12.8 Å². The second kappa shape index (κ2) is 30.9. The van der Waals surface area contributed by atoms with E-state index in [4.69, 9.17) is 9.47 Å². The molecule has 2 saturated heterocycles. The molecule has 0 amide bonds. The van der Waals surface area contributed by atoms with Crippen molar-refractivity contribution in [1.29, 1.82) is 0 Å². The van der Waals surface area contributed by atoms with Crippen LogP contribution < -0.4 is 0 Å². The fourth-order valence-electron chi connectivity index (χ4n) is 7.64. The van der Waals surface area contributed by atoms with Crippen molar-refractivity contribution in [3.63, 3.8) is 0 Å². The number of hydrogen-bond acceptors (Lipinski definition) is 3. The van der Waals surface area contributed by atoms with Crippen molar-refractivity contribution in [1.82, 2.24) is 4.90 Å². The normalized spacial score (nSPS) is 21.2. The highest BCUT2D eigenvalue weighted by atomic mass is 16.7. The van der Waals surface area contributed by atoms with E-state index in [0.717, 1.165) is 31.8 Å². The summed E-state index contributed by atoms with van der Waals surface area (Å²) in [5.41, 5.74) is 0. The van der Waals surface area contributed by atoms with E-state index in [-0.39, 0.29) is 5.79 Å². The van der Waals surface area contributed by atoms with Gasteiger partial charge < -0.3 is 14.4 Å². The number of nitrogens with zero attached hydrogens (tertiary/aromatic N) is 1. The smallest absolute Gasteiger partial charge is 0.168 e. The molecule has 2 aliphatic rings. The Bertz CT molecular complexity index is 782. The van der Waals surface area contributed by atoms with Gasteiger partial charge >= 0.3 is 0 Å². The molecule has 0 saturated carbocycles. The number of ether oxygens (including phenoxy) is 2. The van der Waals surface area contributed by atoms with Crippen LogP contribution >= 0.6 is 0 Å². The monoisotopic (exact) mass is 670 g/mol. The van der Waals surface area contributed by atoms with Crippen LogP contribution in [0.3, 0.4) is 0 Å². The zero-order chi connectivity index (χ0) is 34.2. The number of rotatable bonds is 32. The lowest BCUT2D eigenvalue weighted by atomic mass is 9.91. The third-order valence-corrected chi connectivity index (χ3v) is 10.9. The Labute approximate surface area is 301 Å². The van der Waals surface area contributed by atoms with Crippen LogP contribution in [0, 0.1) is 5.92 Å². The molecule has 2 aliphatic heterocycles. The molecule has 2 fully saturated rings. The van der Waals surface area contributed by atoms with Crippen molar-refractivity contribution in [3.8, 4) is 0 Å². The first-order valence-electron chi connectivity index (χ1n) is 21.6. The number of piperidine rings is 1. The van der Waals surface area contributed by atoms with E-state index in [0.29, 0.717) is 6.10 Å². The third kappa shape index (κ3) is 23.5. The fraction of sp³-hybridized carbons (Fsp3) is 0.867. The van der Waals surface area contributed by atoms with Gasteiger partial charge in [-0.25, -0.2) is 0 Å². The first kappa shape index (κ1) is 43.3. The Hall–Kier alpha value is -0.900. The van der Waals surface area contributed by atoms with Crippen molar-refractivity contribution in [2.24, 2.45) is 5.92 Å². The van der Waals surface area contributed by atoms with Crippen molar-refractivity contribution in [3.05, 3.63) is 36.5 Å². The standard InChI is InChI=1S/C45H83NO2/c1-4-6-8-10-12-14-16-18-20-22-24-26-28-30-32-34-38-45(47-42-44(48-45)41-43-35-39-46(3)40-36-43)37-33-31-29-27-25-23-21-19-17-15-13-11-9-7-5-2/h12,14,17-20,43-44H,4-11,13,15-16,21-42H2,1-3H3/b14-12-,19-17-,20-18-. The maximum atomic E-state index is 6.87. The molecular formula is C45H83NO2. The highest BCUT2D eigenvalue weighted by molar-refractivity contribution is 4.92. The molecule has 48 heavy (non-hydrogen) atoms. The number of unbranched alkanes of at least 4 members (excludes halogenated alkanes) is 20. The lowest BCUT2D eigenvalue weighted by Crippen LogP contribution is -2.33. The van der Waals surface area contributed by atoms with Crippen LogP contribution in [-0.2, 0) is 9.47 Å². The Kier molecular flexibility index (Phi) is 27.8. The summed E-state index contributed by atoms with van der Waals surface area (Å²) in [4.78, 5) is 2.48. The zero-order valence-corrected chi connectivity index (χ0v) is 32.7. The molecule has 3 nitrogen and oxygen atoms in total. The molecule has 0 spiro atoms. The van der Waals surface area contributed by atoms with Gasteiger partial charge in [0.25, 0.3) is 0 Å². The lowest BCUT2D eigenvalue weighted by molar-refractivity contribution is -0.181. The third-order valence-electron chi connectivity index (χ3n) is 10.9. The minimum atomic E-state index is -0.299. The van der Waals surface area contributed by atoms with Crippen molar-refractivity contribution in [2.45, 2.75) is 218 Å². The largest absolute Gasteiger partial charge is 0.347 e. The summed E-state index contributed by atoms with van der Waals surface area (Å²) < 4.78 is 13.5. The van der Waals surface area contributed by atoms with Crippen molar-refractivity contribution in [2.75, 3.05) is 26.7 Å². The van der Waals surface area contributed by atoms with Crippen LogP contribution in [0.1, 0.15) is 206 Å². The van der Waals surface area contributed by atoms with E-state index in [9.17, 15) is 0 Å². The molecule has 0 aromatic carbocycles. The Morgan fingerprint density at radius 2 is 0.958 bits per heavy atom. The molecule has 280 valence electrons. The summed E-state index contributed by atoms with van der Waals surface area (Å²) in [6, 6.07) is 0. The summed E-state index contributed by atoms with van der Waals surface area (Å²) in [6.07, 6.45) is 53.8. The van der Waals surface area contributed by atoms with Crippen LogP contribution in [0.5, 0.6) is 0 Å². The van der Waals surface area contributed by atoms with Gasteiger partial charge in [-0.15, -0.1) is 0 Å². The predicted octanol–water partition coefficient (Wildman–Crippen LogP) is 14.1. The van der Waals surface area contributed by atoms with Gasteiger partial charge in [-0.3, -0.25) is 0 Å². The fourth-order valence-corrected chi connectivity index (χ4v) is 7.64. The Balaban J connectivity index is 1.57. The van der Waals surface area contributed by atoms with Crippen molar-refractivity contribution < 1.29 is 9.47 Å². The second-order valence-electron chi connectivity index (χ2n) is 15.6. The highest BCUT2D eigenvalue weighted by Crippen LogP contribution is 2.37. The molecule has 0 bridgehead atoms. The number of hydrogen-bond donors (Lipinski definition) is 0. The van der Waals surface area contributed by atoms with Gasteiger partial charge in [0.1, 0.15) is 0 Å². The highest BCUT2D eigenvalue weighted by Gasteiger charge is 2.41. The first-order chi connectivity index (χ1) is 23.7. The number of allylic oxidation sites excluding steroid dienone is 6. The minimum Gasteiger partial charge on any atom is -0.347 e. The van der Waals surface area contributed by atoms with Gasteiger partial charge in [0.2, 0.25) is 0 Å². The van der Waals surface area contributed by atoms with Crippen LogP contribution in [0.25, 0.3) is 0 Å². The molecule has 0 N–H and O–H groups in total. The quantitative estimate of drug-likeness (QED) is 0.0525. The molecule has 0 aromatic rings. The van der Waals surface area contributed by atoms with Crippen LogP contribution in [-0.4, -0.2) is 43.5 Å². The predicted molar refractivity (Wildman–Crippen MR) is 212 cm³/mol. The summed E-state index contributed by atoms with van der Waals surface area (Å²) in [5, 5.41) is 0. The molecule has 0 aromatic heterocycles. The molecule has 2 rings (SSSR count). The van der Waals surface area contributed by atoms with E-state index in [2.05, 4.69) is 62.3 Å². The van der Waals surface area contributed by atoms with E-state index < -0.39 is 0 Å². The molecule has 2 unspecified atom stereocenters. The summed E-state index contributed by atoms with van der Waals surface area (Å²) in [7, 11) is 2.26. The van der Waals surface area contributed by atoms with Gasteiger partial charge in [-0.1, -0.05) is 140 Å². The van der Waals surface area contributed by atoms with E-state index in [1.807, 2.05) is 0 Å². The maximum absolute atomic E-state index is 6.87. The molecular weight excluding hydrogens is 587 g/mol. The van der Waals surface area contributed by atoms with Gasteiger partial charge in [-0.2, -0.15) is 0 Å². The Morgan fingerprint density at radius 1 is 0.542 bits per heavy atom. The van der Waals surface area contributed by atoms with Crippen LogP contribution in [0.15, 0.2) is 36.5 Å². The first-order valence-corrected chi connectivity index (χ1v) is 21.6. The molecule has 2 atom stereocenters. The van der Waals surface area contributed by atoms with Gasteiger partial charge in [0.05, 0.1) is 12.7 Å². The van der Waals surface area contributed by atoms with Crippen LogP contribution in [0.4, 0.5) is 0 Å².